The van der Waals surface area contributed by atoms with Gasteiger partial charge >= 0.3 is 0 Å². The summed E-state index contributed by atoms with van der Waals surface area (Å²) >= 11 is 0. The molecule has 134 valence electrons. The first-order chi connectivity index (χ1) is 12.6. The fraction of sp³-hybridized carbons (Fsp3) is 0.250. The van der Waals surface area contributed by atoms with Gasteiger partial charge in [-0.2, -0.15) is 0 Å². The van der Waals surface area contributed by atoms with E-state index in [1.165, 1.54) is 0 Å². The Morgan fingerprint density at radius 3 is 2.42 bits per heavy atom. The Morgan fingerprint density at radius 1 is 1.08 bits per heavy atom. The van der Waals surface area contributed by atoms with Gasteiger partial charge < -0.3 is 14.5 Å². The number of hydrogen-bond donors (Lipinski definition) is 1. The van der Waals surface area contributed by atoms with Gasteiger partial charge in [0.15, 0.2) is 0 Å². The molecule has 0 spiro atoms. The fourth-order valence-corrected chi connectivity index (χ4v) is 2.68. The molecule has 0 bridgehead atoms. The minimum Gasteiger partial charge on any atom is -0.497 e. The van der Waals surface area contributed by atoms with Crippen LogP contribution in [0, 0.1) is 6.92 Å². The molecule has 1 heterocycles. The molecule has 3 aromatic rings. The van der Waals surface area contributed by atoms with E-state index in [0.717, 1.165) is 16.9 Å². The highest BCUT2D eigenvalue weighted by atomic mass is 16.5. The van der Waals surface area contributed by atoms with Crippen molar-refractivity contribution in [2.75, 3.05) is 7.11 Å². The average Bonchev–Trinajstić information content (AvgIpc) is 3.09. The Hall–Kier alpha value is -3.15. The summed E-state index contributed by atoms with van der Waals surface area (Å²) in [6.07, 6.45) is 0.846. The van der Waals surface area contributed by atoms with Gasteiger partial charge in [-0.3, -0.25) is 4.79 Å². The maximum Gasteiger partial charge on any atom is 0.239 e. The molecular weight excluding hydrogens is 330 g/mol. The SMILES string of the molecule is COc1ccc(CC(=O)NC(Cc2ccccc2)c2nnc(C)o2)cc1. The summed E-state index contributed by atoms with van der Waals surface area (Å²) in [6.45, 7) is 1.73. The van der Waals surface area contributed by atoms with Crippen LogP contribution in [-0.2, 0) is 17.6 Å². The van der Waals surface area contributed by atoms with Crippen LogP contribution in [0.2, 0.25) is 0 Å². The lowest BCUT2D eigenvalue weighted by molar-refractivity contribution is -0.121. The number of aryl methyl sites for hydroxylation is 1. The van der Waals surface area contributed by atoms with Crippen LogP contribution >= 0.6 is 0 Å². The zero-order chi connectivity index (χ0) is 18.4. The van der Waals surface area contributed by atoms with E-state index in [9.17, 15) is 4.79 Å². The van der Waals surface area contributed by atoms with Crippen LogP contribution in [-0.4, -0.2) is 23.2 Å². The average molecular weight is 351 g/mol. The molecule has 0 saturated carbocycles. The Kier molecular flexibility index (Phi) is 5.63. The van der Waals surface area contributed by atoms with Crippen LogP contribution in [0.1, 0.15) is 29.0 Å². The van der Waals surface area contributed by atoms with E-state index in [-0.39, 0.29) is 18.4 Å². The second kappa shape index (κ2) is 8.29. The molecule has 1 aromatic heterocycles. The third-order valence-corrected chi connectivity index (χ3v) is 3.98. The summed E-state index contributed by atoms with van der Waals surface area (Å²) in [5.41, 5.74) is 1.99. The molecule has 1 atom stereocenters. The van der Waals surface area contributed by atoms with Crippen LogP contribution in [0.4, 0.5) is 0 Å². The summed E-state index contributed by atoms with van der Waals surface area (Å²) in [5.74, 6) is 1.54. The predicted octanol–water partition coefficient (Wildman–Crippen LogP) is 3.03. The topological polar surface area (TPSA) is 77.2 Å². The van der Waals surface area contributed by atoms with E-state index in [1.54, 1.807) is 14.0 Å². The van der Waals surface area contributed by atoms with Gasteiger partial charge in [-0.25, -0.2) is 0 Å². The van der Waals surface area contributed by atoms with E-state index in [4.69, 9.17) is 9.15 Å². The van der Waals surface area contributed by atoms with Crippen molar-refractivity contribution in [3.05, 3.63) is 77.5 Å². The molecule has 3 rings (SSSR count). The van der Waals surface area contributed by atoms with Crippen molar-refractivity contribution in [3.63, 3.8) is 0 Å². The quantitative estimate of drug-likeness (QED) is 0.708. The zero-order valence-electron chi connectivity index (χ0n) is 14.8. The predicted molar refractivity (Wildman–Crippen MR) is 96.8 cm³/mol. The number of benzene rings is 2. The number of nitrogens with one attached hydrogen (secondary N) is 1. The van der Waals surface area contributed by atoms with Gasteiger partial charge in [0.25, 0.3) is 0 Å². The molecule has 26 heavy (non-hydrogen) atoms. The van der Waals surface area contributed by atoms with E-state index in [2.05, 4.69) is 15.5 Å². The number of carbonyl (C=O) groups is 1. The highest BCUT2D eigenvalue weighted by Crippen LogP contribution is 2.18. The van der Waals surface area contributed by atoms with Gasteiger partial charge in [-0.15, -0.1) is 10.2 Å². The summed E-state index contributed by atoms with van der Waals surface area (Å²) in [4.78, 5) is 12.5. The number of hydrogen-bond acceptors (Lipinski definition) is 5. The Morgan fingerprint density at radius 2 is 1.81 bits per heavy atom. The Labute approximate surface area is 152 Å². The molecule has 6 nitrogen and oxygen atoms in total. The highest BCUT2D eigenvalue weighted by molar-refractivity contribution is 5.79. The fourth-order valence-electron chi connectivity index (χ4n) is 2.68. The molecule has 2 aromatic carbocycles. The van der Waals surface area contributed by atoms with Gasteiger partial charge in [0.2, 0.25) is 17.7 Å². The Bertz CT molecular complexity index is 844. The van der Waals surface area contributed by atoms with Crippen molar-refractivity contribution in [3.8, 4) is 5.75 Å². The largest absolute Gasteiger partial charge is 0.497 e. The lowest BCUT2D eigenvalue weighted by Crippen LogP contribution is -2.31. The number of nitrogens with zero attached hydrogens (tertiary/aromatic N) is 2. The lowest BCUT2D eigenvalue weighted by atomic mass is 10.1. The molecule has 0 aliphatic heterocycles. The van der Waals surface area contributed by atoms with Crippen molar-refractivity contribution in [1.82, 2.24) is 15.5 Å². The first kappa shape index (κ1) is 17.7. The number of amides is 1. The number of ether oxygens (including phenoxy) is 1. The molecule has 0 saturated heterocycles. The standard InChI is InChI=1S/C20H21N3O3/c1-14-22-23-20(26-14)18(12-15-6-4-3-5-7-15)21-19(24)13-16-8-10-17(25-2)11-9-16/h3-11,18H,12-13H2,1-2H3,(H,21,24). The first-order valence-corrected chi connectivity index (χ1v) is 8.40. The highest BCUT2D eigenvalue weighted by Gasteiger charge is 2.21. The van der Waals surface area contributed by atoms with Crippen LogP contribution in [0.5, 0.6) is 5.75 Å². The van der Waals surface area contributed by atoms with E-state index >= 15 is 0 Å². The number of carbonyl (C=O) groups excluding carboxylic acids is 1. The van der Waals surface area contributed by atoms with Crippen molar-refractivity contribution >= 4 is 5.91 Å². The van der Waals surface area contributed by atoms with Crippen molar-refractivity contribution < 1.29 is 13.9 Å². The third kappa shape index (κ3) is 4.69. The van der Waals surface area contributed by atoms with Crippen LogP contribution in [0.3, 0.4) is 0 Å². The van der Waals surface area contributed by atoms with Gasteiger partial charge in [-0.1, -0.05) is 42.5 Å². The normalized spacial score (nSPS) is 11.8. The van der Waals surface area contributed by atoms with Gasteiger partial charge in [-0.05, 0) is 23.3 Å². The summed E-state index contributed by atoms with van der Waals surface area (Å²) < 4.78 is 10.7. The number of rotatable bonds is 7. The Balaban J connectivity index is 1.70. The zero-order valence-corrected chi connectivity index (χ0v) is 14.8. The second-order valence-electron chi connectivity index (χ2n) is 5.99. The van der Waals surface area contributed by atoms with Gasteiger partial charge in [0.1, 0.15) is 11.8 Å². The third-order valence-electron chi connectivity index (χ3n) is 3.98. The lowest BCUT2D eigenvalue weighted by Gasteiger charge is -2.15. The smallest absolute Gasteiger partial charge is 0.239 e. The summed E-state index contributed by atoms with van der Waals surface area (Å²) in [7, 11) is 1.61. The van der Waals surface area contributed by atoms with Crippen molar-refractivity contribution in [2.24, 2.45) is 0 Å². The number of methoxy groups -OCH3 is 1. The minimum absolute atomic E-state index is 0.105. The van der Waals surface area contributed by atoms with Crippen LogP contribution < -0.4 is 10.1 Å². The van der Waals surface area contributed by atoms with E-state index in [0.29, 0.717) is 18.2 Å². The maximum absolute atomic E-state index is 12.5. The molecule has 6 heteroatoms. The molecule has 0 radical (unpaired) electrons. The molecule has 0 fully saturated rings. The molecule has 1 unspecified atom stereocenters. The molecule has 0 aliphatic carbocycles. The number of aromatic nitrogens is 2. The minimum atomic E-state index is -0.371. The van der Waals surface area contributed by atoms with E-state index in [1.807, 2.05) is 54.6 Å². The summed E-state index contributed by atoms with van der Waals surface area (Å²) in [6, 6.07) is 17.0. The van der Waals surface area contributed by atoms with Gasteiger partial charge in [0, 0.05) is 13.3 Å². The molecule has 1 amide bonds. The first-order valence-electron chi connectivity index (χ1n) is 8.40. The maximum atomic E-state index is 12.5. The van der Waals surface area contributed by atoms with Crippen LogP contribution in [0.15, 0.2) is 59.0 Å². The molecule has 0 aliphatic rings. The molecular formula is C20H21N3O3. The van der Waals surface area contributed by atoms with Gasteiger partial charge in [0.05, 0.1) is 13.5 Å². The molecule has 1 N–H and O–H groups in total. The monoisotopic (exact) mass is 351 g/mol. The van der Waals surface area contributed by atoms with Crippen molar-refractivity contribution in [1.29, 1.82) is 0 Å². The summed E-state index contributed by atoms with van der Waals surface area (Å²) in [5, 5.41) is 11.0. The van der Waals surface area contributed by atoms with E-state index < -0.39 is 0 Å². The second-order valence-corrected chi connectivity index (χ2v) is 5.99. The van der Waals surface area contributed by atoms with Crippen molar-refractivity contribution in [2.45, 2.75) is 25.8 Å². The van der Waals surface area contributed by atoms with Crippen LogP contribution in [0.25, 0.3) is 0 Å².